The van der Waals surface area contributed by atoms with Crippen LogP contribution in [-0.4, -0.2) is 41.6 Å². The van der Waals surface area contributed by atoms with Crippen molar-refractivity contribution in [1.82, 2.24) is 4.90 Å². The number of ether oxygens (including phenoxy) is 1. The predicted molar refractivity (Wildman–Crippen MR) is 66.6 cm³/mol. The first-order valence-corrected chi connectivity index (χ1v) is 7.37. The molecular weight excluding hydrogens is 254 g/mol. The van der Waals surface area contributed by atoms with Crippen LogP contribution in [0.1, 0.15) is 39.0 Å². The zero-order valence-electron chi connectivity index (χ0n) is 9.62. The van der Waals surface area contributed by atoms with E-state index in [1.807, 2.05) is 0 Å². The molecule has 1 saturated carbocycles. The molecule has 0 radical (unpaired) electrons. The molecule has 2 nitrogen and oxygen atoms in total. The lowest BCUT2D eigenvalue weighted by Gasteiger charge is -2.42. The second kappa shape index (κ2) is 5.65. The van der Waals surface area contributed by atoms with Gasteiger partial charge in [-0.2, -0.15) is 0 Å². The molecule has 1 saturated heterocycles. The lowest BCUT2D eigenvalue weighted by Crippen LogP contribution is -2.51. The first-order chi connectivity index (χ1) is 7.29. The molecule has 1 aliphatic carbocycles. The highest BCUT2D eigenvalue weighted by Crippen LogP contribution is 2.25. The molecule has 0 spiro atoms. The molecule has 2 aliphatic rings. The van der Waals surface area contributed by atoms with Gasteiger partial charge in [0.2, 0.25) is 0 Å². The summed E-state index contributed by atoms with van der Waals surface area (Å²) >= 11 is 3.54. The van der Waals surface area contributed by atoms with Gasteiger partial charge in [-0.05, 0) is 19.8 Å². The highest BCUT2D eigenvalue weighted by atomic mass is 79.9. The van der Waals surface area contributed by atoms with Crippen LogP contribution in [0.15, 0.2) is 0 Å². The normalized spacial score (nSPS) is 35.6. The molecule has 2 atom stereocenters. The Morgan fingerprint density at radius 1 is 1.20 bits per heavy atom. The van der Waals surface area contributed by atoms with Crippen molar-refractivity contribution >= 4 is 15.9 Å². The van der Waals surface area contributed by atoms with Gasteiger partial charge in [0, 0.05) is 24.5 Å². The Labute approximate surface area is 101 Å². The molecule has 2 fully saturated rings. The molecule has 0 bridgehead atoms. The summed E-state index contributed by atoms with van der Waals surface area (Å²) < 4.78 is 5.87. The topological polar surface area (TPSA) is 12.5 Å². The maximum absolute atomic E-state index is 5.87. The van der Waals surface area contributed by atoms with Crippen LogP contribution in [0.2, 0.25) is 0 Å². The molecule has 0 aromatic rings. The Morgan fingerprint density at radius 3 is 2.60 bits per heavy atom. The zero-order valence-corrected chi connectivity index (χ0v) is 11.2. The van der Waals surface area contributed by atoms with Gasteiger partial charge in [-0.3, -0.25) is 4.90 Å². The van der Waals surface area contributed by atoms with Crippen molar-refractivity contribution in [2.45, 2.75) is 57.3 Å². The number of hydrogen-bond donors (Lipinski definition) is 0. The van der Waals surface area contributed by atoms with E-state index in [4.69, 9.17) is 4.74 Å². The smallest absolute Gasteiger partial charge is 0.0802 e. The van der Waals surface area contributed by atoms with Crippen molar-refractivity contribution in [3.63, 3.8) is 0 Å². The van der Waals surface area contributed by atoms with E-state index < -0.39 is 0 Å². The van der Waals surface area contributed by atoms with Crippen LogP contribution in [0.25, 0.3) is 0 Å². The standard InChI is InChI=1S/C12H22BrNO/c1-10-8-14(9-12(7-13)15-10)11-5-3-2-4-6-11/h10-12H,2-9H2,1H3. The maximum Gasteiger partial charge on any atom is 0.0802 e. The third-order valence-electron chi connectivity index (χ3n) is 3.62. The molecule has 0 aromatic carbocycles. The van der Waals surface area contributed by atoms with Gasteiger partial charge >= 0.3 is 0 Å². The van der Waals surface area contributed by atoms with E-state index in [1.165, 1.54) is 32.1 Å². The van der Waals surface area contributed by atoms with Crippen molar-refractivity contribution in [2.24, 2.45) is 0 Å². The van der Waals surface area contributed by atoms with Gasteiger partial charge in [0.05, 0.1) is 12.2 Å². The van der Waals surface area contributed by atoms with E-state index in [1.54, 1.807) is 0 Å². The SMILES string of the molecule is CC1CN(C2CCCCC2)CC(CBr)O1. The minimum Gasteiger partial charge on any atom is -0.372 e. The number of rotatable bonds is 2. The van der Waals surface area contributed by atoms with Crippen molar-refractivity contribution < 1.29 is 4.74 Å². The Kier molecular flexibility index (Phi) is 4.47. The number of alkyl halides is 1. The molecule has 0 aromatic heterocycles. The third-order valence-corrected chi connectivity index (χ3v) is 4.34. The zero-order chi connectivity index (χ0) is 10.7. The third kappa shape index (κ3) is 3.18. The highest BCUT2D eigenvalue weighted by molar-refractivity contribution is 9.09. The molecule has 2 rings (SSSR count). The van der Waals surface area contributed by atoms with Gasteiger partial charge < -0.3 is 4.74 Å². The van der Waals surface area contributed by atoms with Gasteiger partial charge in [-0.1, -0.05) is 35.2 Å². The fraction of sp³-hybridized carbons (Fsp3) is 1.00. The summed E-state index contributed by atoms with van der Waals surface area (Å²) in [4.78, 5) is 2.67. The van der Waals surface area contributed by atoms with Crippen LogP contribution in [0.3, 0.4) is 0 Å². The molecular formula is C12H22BrNO. The highest BCUT2D eigenvalue weighted by Gasteiger charge is 2.29. The quantitative estimate of drug-likeness (QED) is 0.719. The second-order valence-electron chi connectivity index (χ2n) is 4.97. The summed E-state index contributed by atoms with van der Waals surface area (Å²) in [5.41, 5.74) is 0. The molecule has 1 aliphatic heterocycles. The van der Waals surface area contributed by atoms with Crippen molar-refractivity contribution in [1.29, 1.82) is 0 Å². The molecule has 0 N–H and O–H groups in total. The summed E-state index contributed by atoms with van der Waals surface area (Å²) in [7, 11) is 0. The predicted octanol–water partition coefficient (Wildman–Crippen LogP) is 2.80. The van der Waals surface area contributed by atoms with E-state index in [0.29, 0.717) is 12.2 Å². The largest absolute Gasteiger partial charge is 0.372 e. The minimum absolute atomic E-state index is 0.399. The minimum atomic E-state index is 0.399. The average Bonchev–Trinajstić information content (AvgIpc) is 2.29. The lowest BCUT2D eigenvalue weighted by atomic mass is 9.93. The Hall–Kier alpha value is 0.400. The van der Waals surface area contributed by atoms with Crippen LogP contribution in [0.5, 0.6) is 0 Å². The fourth-order valence-electron chi connectivity index (χ4n) is 2.91. The van der Waals surface area contributed by atoms with Gasteiger partial charge in [-0.25, -0.2) is 0 Å². The summed E-state index contributed by atoms with van der Waals surface area (Å²) in [5, 5.41) is 0.973. The number of halogens is 1. The fourth-order valence-corrected chi connectivity index (χ4v) is 3.27. The van der Waals surface area contributed by atoms with E-state index in [0.717, 1.165) is 24.5 Å². The summed E-state index contributed by atoms with van der Waals surface area (Å²) in [5.74, 6) is 0. The van der Waals surface area contributed by atoms with Crippen LogP contribution >= 0.6 is 15.9 Å². The monoisotopic (exact) mass is 275 g/mol. The van der Waals surface area contributed by atoms with Gasteiger partial charge in [-0.15, -0.1) is 0 Å². The van der Waals surface area contributed by atoms with Gasteiger partial charge in [0.25, 0.3) is 0 Å². The average molecular weight is 276 g/mol. The Balaban J connectivity index is 1.89. The molecule has 2 unspecified atom stereocenters. The Bertz CT molecular complexity index is 194. The Morgan fingerprint density at radius 2 is 1.93 bits per heavy atom. The van der Waals surface area contributed by atoms with Crippen LogP contribution in [-0.2, 0) is 4.74 Å². The lowest BCUT2D eigenvalue weighted by molar-refractivity contribution is -0.0815. The summed E-state index contributed by atoms with van der Waals surface area (Å²) in [6, 6.07) is 0.839. The van der Waals surface area contributed by atoms with E-state index in [2.05, 4.69) is 27.8 Å². The first-order valence-electron chi connectivity index (χ1n) is 6.25. The second-order valence-corrected chi connectivity index (χ2v) is 5.62. The molecule has 3 heteroatoms. The molecule has 0 amide bonds. The number of morpholine rings is 1. The van der Waals surface area contributed by atoms with Crippen LogP contribution in [0.4, 0.5) is 0 Å². The first kappa shape index (κ1) is 11.9. The summed E-state index contributed by atoms with van der Waals surface area (Å²) in [6.07, 6.45) is 7.91. The molecule has 88 valence electrons. The maximum atomic E-state index is 5.87. The van der Waals surface area contributed by atoms with Gasteiger partial charge in [0.1, 0.15) is 0 Å². The van der Waals surface area contributed by atoms with Gasteiger partial charge in [0.15, 0.2) is 0 Å². The van der Waals surface area contributed by atoms with Crippen molar-refractivity contribution in [3.8, 4) is 0 Å². The molecule has 15 heavy (non-hydrogen) atoms. The van der Waals surface area contributed by atoms with Crippen molar-refractivity contribution in [3.05, 3.63) is 0 Å². The number of nitrogens with zero attached hydrogens (tertiary/aromatic N) is 1. The van der Waals surface area contributed by atoms with Crippen LogP contribution in [0, 0.1) is 0 Å². The molecule has 1 heterocycles. The van der Waals surface area contributed by atoms with E-state index in [9.17, 15) is 0 Å². The van der Waals surface area contributed by atoms with E-state index in [-0.39, 0.29) is 0 Å². The number of hydrogen-bond acceptors (Lipinski definition) is 2. The van der Waals surface area contributed by atoms with Crippen LogP contribution < -0.4 is 0 Å². The van der Waals surface area contributed by atoms with Crippen molar-refractivity contribution in [2.75, 3.05) is 18.4 Å². The van der Waals surface area contributed by atoms with E-state index >= 15 is 0 Å². The summed E-state index contributed by atoms with van der Waals surface area (Å²) in [6.45, 7) is 4.46.